The molecule has 2 aliphatic rings. The van der Waals surface area contributed by atoms with Gasteiger partial charge in [0.2, 0.25) is 0 Å². The van der Waals surface area contributed by atoms with E-state index in [2.05, 4.69) is 22.6 Å². The minimum absolute atomic E-state index is 0. The number of ether oxygens (including phenoxy) is 1. The Labute approximate surface area is 146 Å². The second-order valence-corrected chi connectivity index (χ2v) is 6.12. The minimum Gasteiger partial charge on any atom is -0.368 e. The third kappa shape index (κ3) is 5.53. The summed E-state index contributed by atoms with van der Waals surface area (Å²) in [5.74, 6) is 0.0568. The fourth-order valence-electron chi connectivity index (χ4n) is 3.39. The molecule has 5 nitrogen and oxygen atoms in total. The maximum atomic E-state index is 12.4. The number of hydrogen-bond acceptors (Lipinski definition) is 4. The number of carbonyl (C=O) groups is 1. The van der Waals surface area contributed by atoms with Gasteiger partial charge in [0.1, 0.15) is 5.60 Å². The molecule has 1 amide bonds. The number of hydrogen-bond donors (Lipinski definition) is 2. The summed E-state index contributed by atoms with van der Waals surface area (Å²) in [5, 5.41) is 6.34. The van der Waals surface area contributed by atoms with Gasteiger partial charge in [-0.3, -0.25) is 4.79 Å². The van der Waals surface area contributed by atoms with E-state index in [-0.39, 0.29) is 30.7 Å². The number of methoxy groups -OCH3 is 1. The van der Waals surface area contributed by atoms with Gasteiger partial charge in [-0.2, -0.15) is 0 Å². The van der Waals surface area contributed by atoms with Gasteiger partial charge in [-0.25, -0.2) is 0 Å². The van der Waals surface area contributed by atoms with Gasteiger partial charge >= 0.3 is 0 Å². The molecule has 0 bridgehead atoms. The molecule has 1 aliphatic heterocycles. The lowest BCUT2D eigenvalue weighted by molar-refractivity contribution is -0.146. The second-order valence-electron chi connectivity index (χ2n) is 6.12. The molecule has 0 aromatic rings. The smallest absolute Gasteiger partial charge is 0.252 e. The third-order valence-electron chi connectivity index (χ3n) is 4.91. The zero-order valence-corrected chi connectivity index (χ0v) is 15.4. The summed E-state index contributed by atoms with van der Waals surface area (Å²) in [6, 6.07) is 0.710. The molecule has 0 aromatic heterocycles. The zero-order valence-electron chi connectivity index (χ0n) is 13.7. The molecule has 1 saturated heterocycles. The number of piperidine rings is 1. The van der Waals surface area contributed by atoms with Crippen molar-refractivity contribution in [1.82, 2.24) is 15.5 Å². The molecule has 2 fully saturated rings. The first-order valence-electron chi connectivity index (χ1n) is 7.92. The molecule has 1 aliphatic carbocycles. The summed E-state index contributed by atoms with van der Waals surface area (Å²) >= 11 is 0. The zero-order chi connectivity index (χ0) is 14.4. The van der Waals surface area contributed by atoms with Crippen molar-refractivity contribution in [3.05, 3.63) is 0 Å². The summed E-state index contributed by atoms with van der Waals surface area (Å²) < 4.78 is 5.53. The Balaban J connectivity index is 0.00000220. The molecule has 0 atom stereocenters. The molecule has 0 unspecified atom stereocenters. The van der Waals surface area contributed by atoms with Crippen molar-refractivity contribution in [1.29, 1.82) is 0 Å². The van der Waals surface area contributed by atoms with E-state index >= 15 is 0 Å². The van der Waals surface area contributed by atoms with Gasteiger partial charge in [0.05, 0.1) is 0 Å². The number of amides is 1. The quantitative estimate of drug-likeness (QED) is 0.759. The van der Waals surface area contributed by atoms with E-state index in [1.54, 1.807) is 7.11 Å². The minimum atomic E-state index is -0.614. The molecule has 132 valence electrons. The highest BCUT2D eigenvalue weighted by molar-refractivity contribution is 5.86. The maximum Gasteiger partial charge on any atom is 0.252 e. The van der Waals surface area contributed by atoms with E-state index in [4.69, 9.17) is 4.74 Å². The van der Waals surface area contributed by atoms with E-state index in [1.165, 1.54) is 25.7 Å². The van der Waals surface area contributed by atoms with Crippen LogP contribution in [0.1, 0.15) is 38.5 Å². The van der Waals surface area contributed by atoms with E-state index in [0.717, 1.165) is 32.5 Å². The van der Waals surface area contributed by atoms with E-state index in [0.29, 0.717) is 12.6 Å². The summed E-state index contributed by atoms with van der Waals surface area (Å²) in [6.07, 6.45) is 6.82. The molecule has 0 aromatic carbocycles. The maximum absolute atomic E-state index is 12.4. The Morgan fingerprint density at radius 1 is 1.27 bits per heavy atom. The molecular formula is C15H31Cl2N3O2. The number of rotatable bonds is 6. The molecule has 1 saturated carbocycles. The van der Waals surface area contributed by atoms with Crippen LogP contribution in [0.2, 0.25) is 0 Å². The number of nitrogens with zero attached hydrogens (tertiary/aromatic N) is 1. The van der Waals surface area contributed by atoms with E-state index in [9.17, 15) is 4.79 Å². The topological polar surface area (TPSA) is 53.6 Å². The lowest BCUT2D eigenvalue weighted by Crippen LogP contribution is -2.55. The van der Waals surface area contributed by atoms with Crippen LogP contribution in [0.25, 0.3) is 0 Å². The highest BCUT2D eigenvalue weighted by Gasteiger charge is 2.39. The van der Waals surface area contributed by atoms with Gasteiger partial charge in [0.25, 0.3) is 5.91 Å². The number of carbonyl (C=O) groups excluding carboxylic acids is 1. The lowest BCUT2D eigenvalue weighted by Gasteiger charge is -2.35. The first kappa shape index (κ1) is 21.9. The normalized spacial score (nSPS) is 21.0. The highest BCUT2D eigenvalue weighted by Crippen LogP contribution is 2.23. The van der Waals surface area contributed by atoms with E-state index < -0.39 is 5.60 Å². The first-order valence-corrected chi connectivity index (χ1v) is 7.92. The summed E-state index contributed by atoms with van der Waals surface area (Å²) in [4.78, 5) is 14.8. The van der Waals surface area contributed by atoms with Crippen molar-refractivity contribution >= 4 is 30.7 Å². The van der Waals surface area contributed by atoms with Gasteiger partial charge in [-0.1, -0.05) is 12.8 Å². The molecule has 2 rings (SSSR count). The number of likely N-dealkylation sites (N-methyl/N-ethyl adjacent to an activating group) is 1. The molecule has 7 heteroatoms. The second kappa shape index (κ2) is 10.7. The molecule has 0 radical (unpaired) electrons. The Kier molecular flexibility index (Phi) is 10.6. The molecule has 22 heavy (non-hydrogen) atoms. The Morgan fingerprint density at radius 3 is 2.41 bits per heavy atom. The third-order valence-corrected chi connectivity index (χ3v) is 4.91. The van der Waals surface area contributed by atoms with Gasteiger partial charge in [0.15, 0.2) is 0 Å². The monoisotopic (exact) mass is 355 g/mol. The Hall–Kier alpha value is -0.0700. The van der Waals surface area contributed by atoms with Gasteiger partial charge < -0.3 is 20.3 Å². The van der Waals surface area contributed by atoms with Crippen LogP contribution < -0.4 is 10.6 Å². The van der Waals surface area contributed by atoms with Gasteiger partial charge in [-0.05, 0) is 45.8 Å². The fraction of sp³-hybridized carbons (Fsp3) is 0.933. The molecular weight excluding hydrogens is 325 g/mol. The lowest BCUT2D eigenvalue weighted by atomic mass is 9.91. The predicted octanol–water partition coefficient (Wildman–Crippen LogP) is 1.59. The molecule has 1 heterocycles. The van der Waals surface area contributed by atoms with Gasteiger partial charge in [-0.15, -0.1) is 24.8 Å². The number of halogens is 2. The average Bonchev–Trinajstić information content (AvgIpc) is 3.02. The highest BCUT2D eigenvalue weighted by atomic mass is 35.5. The molecule has 2 N–H and O–H groups in total. The summed E-state index contributed by atoms with van der Waals surface area (Å²) in [6.45, 7) is 3.34. The van der Waals surface area contributed by atoms with Crippen LogP contribution in [-0.2, 0) is 9.53 Å². The van der Waals surface area contributed by atoms with Crippen molar-refractivity contribution in [2.75, 3.05) is 40.3 Å². The summed E-state index contributed by atoms with van der Waals surface area (Å²) in [7, 11) is 3.81. The van der Waals surface area contributed by atoms with Crippen LogP contribution >= 0.6 is 24.8 Å². The van der Waals surface area contributed by atoms with Crippen molar-refractivity contribution in [2.24, 2.45) is 0 Å². The SMILES string of the molecule is COC1(C(=O)NCCN(C)C2CCCC2)CCNCC1.Cl.Cl. The van der Waals surface area contributed by atoms with Crippen LogP contribution in [-0.4, -0.2) is 62.8 Å². The van der Waals surface area contributed by atoms with Crippen molar-refractivity contribution in [3.63, 3.8) is 0 Å². The number of nitrogens with one attached hydrogen (secondary N) is 2. The van der Waals surface area contributed by atoms with Crippen molar-refractivity contribution < 1.29 is 9.53 Å². The van der Waals surface area contributed by atoms with E-state index in [1.807, 2.05) is 0 Å². The van der Waals surface area contributed by atoms with Crippen molar-refractivity contribution in [3.8, 4) is 0 Å². The van der Waals surface area contributed by atoms with Gasteiger partial charge in [0, 0.05) is 26.2 Å². The first-order chi connectivity index (χ1) is 9.68. The Morgan fingerprint density at radius 2 is 1.86 bits per heavy atom. The molecule has 0 spiro atoms. The standard InChI is InChI=1S/C15H29N3O2.2ClH/c1-18(13-5-3-4-6-13)12-11-17-14(19)15(20-2)7-9-16-10-8-15;;/h13,16H,3-12H2,1-2H3,(H,17,19);2*1H. The summed E-state index contributed by atoms with van der Waals surface area (Å²) in [5.41, 5.74) is -0.614. The van der Waals surface area contributed by atoms with Crippen LogP contribution in [0.3, 0.4) is 0 Å². The predicted molar refractivity (Wildman–Crippen MR) is 94.2 cm³/mol. The fourth-order valence-corrected chi connectivity index (χ4v) is 3.39. The van der Waals surface area contributed by atoms with Crippen molar-refractivity contribution in [2.45, 2.75) is 50.2 Å². The average molecular weight is 356 g/mol. The van der Waals surface area contributed by atoms with Crippen LogP contribution in [0, 0.1) is 0 Å². The van der Waals surface area contributed by atoms with Crippen LogP contribution in [0.15, 0.2) is 0 Å². The Bertz CT molecular complexity index is 320. The largest absolute Gasteiger partial charge is 0.368 e. The van der Waals surface area contributed by atoms with Crippen LogP contribution in [0.5, 0.6) is 0 Å². The van der Waals surface area contributed by atoms with Crippen LogP contribution in [0.4, 0.5) is 0 Å².